The van der Waals surface area contributed by atoms with Crippen LogP contribution in [-0.2, 0) is 4.79 Å². The van der Waals surface area contributed by atoms with Gasteiger partial charge in [-0.2, -0.15) is 0 Å². The summed E-state index contributed by atoms with van der Waals surface area (Å²) in [5, 5.41) is 3.10. The molecule has 6 heteroatoms. The molecule has 0 saturated carbocycles. The Kier molecular flexibility index (Phi) is 7.22. The van der Waals surface area contributed by atoms with Crippen molar-refractivity contribution >= 4 is 12.0 Å². The molecule has 0 bridgehead atoms. The van der Waals surface area contributed by atoms with Crippen molar-refractivity contribution in [1.29, 1.82) is 0 Å². The SMILES string of the molecule is COc1ccc(OC)c(/C=C/C(=O)NC(c2ccc3c(c2)OCCCO3)C(C)C)c1. The lowest BCUT2D eigenvalue weighted by molar-refractivity contribution is -0.117. The summed E-state index contributed by atoms with van der Waals surface area (Å²) in [5.41, 5.74) is 1.75. The fourth-order valence-corrected chi connectivity index (χ4v) is 3.34. The molecule has 30 heavy (non-hydrogen) atoms. The number of hydrogen-bond donors (Lipinski definition) is 1. The van der Waals surface area contributed by atoms with Gasteiger partial charge in [0.05, 0.1) is 33.5 Å². The summed E-state index contributed by atoms with van der Waals surface area (Å²) < 4.78 is 22.1. The van der Waals surface area contributed by atoms with Crippen LogP contribution in [0.5, 0.6) is 23.0 Å². The van der Waals surface area contributed by atoms with Crippen molar-refractivity contribution in [2.45, 2.75) is 26.3 Å². The van der Waals surface area contributed by atoms with E-state index in [2.05, 4.69) is 19.2 Å². The molecule has 1 unspecified atom stereocenters. The minimum Gasteiger partial charge on any atom is -0.497 e. The van der Waals surface area contributed by atoms with Gasteiger partial charge in [0.2, 0.25) is 5.91 Å². The molecule has 6 nitrogen and oxygen atoms in total. The molecule has 1 N–H and O–H groups in total. The third-order valence-electron chi connectivity index (χ3n) is 4.95. The quantitative estimate of drug-likeness (QED) is 0.685. The molecule has 1 atom stereocenters. The second kappa shape index (κ2) is 10.1. The van der Waals surface area contributed by atoms with E-state index in [9.17, 15) is 4.79 Å². The average molecular weight is 411 g/mol. The zero-order valence-corrected chi connectivity index (χ0v) is 17.9. The van der Waals surface area contributed by atoms with Gasteiger partial charge in [0.1, 0.15) is 11.5 Å². The largest absolute Gasteiger partial charge is 0.497 e. The van der Waals surface area contributed by atoms with Crippen LogP contribution in [0.15, 0.2) is 42.5 Å². The van der Waals surface area contributed by atoms with Crippen LogP contribution in [0.2, 0.25) is 0 Å². The van der Waals surface area contributed by atoms with Crippen LogP contribution >= 0.6 is 0 Å². The van der Waals surface area contributed by atoms with Gasteiger partial charge >= 0.3 is 0 Å². The zero-order chi connectivity index (χ0) is 21.5. The highest BCUT2D eigenvalue weighted by Crippen LogP contribution is 2.34. The van der Waals surface area contributed by atoms with Crippen molar-refractivity contribution in [2.24, 2.45) is 5.92 Å². The van der Waals surface area contributed by atoms with Crippen molar-refractivity contribution in [3.8, 4) is 23.0 Å². The van der Waals surface area contributed by atoms with E-state index in [4.69, 9.17) is 18.9 Å². The number of carbonyl (C=O) groups is 1. The first-order valence-electron chi connectivity index (χ1n) is 10.1. The highest BCUT2D eigenvalue weighted by molar-refractivity contribution is 5.92. The molecule has 2 aromatic carbocycles. The molecule has 1 aliphatic rings. The molecule has 2 aromatic rings. The smallest absolute Gasteiger partial charge is 0.244 e. The summed E-state index contributed by atoms with van der Waals surface area (Å²) in [6.07, 6.45) is 4.09. The van der Waals surface area contributed by atoms with Gasteiger partial charge in [-0.25, -0.2) is 0 Å². The van der Waals surface area contributed by atoms with Gasteiger partial charge in [0.25, 0.3) is 0 Å². The predicted octanol–water partition coefficient (Wildman–Crippen LogP) is 4.39. The number of carbonyl (C=O) groups excluding carboxylic acids is 1. The number of rotatable bonds is 7. The maximum Gasteiger partial charge on any atom is 0.244 e. The maximum absolute atomic E-state index is 12.7. The lowest BCUT2D eigenvalue weighted by Crippen LogP contribution is -2.30. The van der Waals surface area contributed by atoms with Crippen molar-refractivity contribution < 1.29 is 23.7 Å². The van der Waals surface area contributed by atoms with Crippen LogP contribution < -0.4 is 24.3 Å². The van der Waals surface area contributed by atoms with E-state index in [0.29, 0.717) is 24.7 Å². The Balaban J connectivity index is 1.77. The molecule has 1 amide bonds. The van der Waals surface area contributed by atoms with Crippen LogP contribution in [0.3, 0.4) is 0 Å². The Labute approximate surface area is 177 Å². The number of fused-ring (bicyclic) bond motifs is 1. The third kappa shape index (κ3) is 5.26. The van der Waals surface area contributed by atoms with Gasteiger partial charge < -0.3 is 24.3 Å². The summed E-state index contributed by atoms with van der Waals surface area (Å²) in [4.78, 5) is 12.7. The van der Waals surface area contributed by atoms with Crippen LogP contribution in [0.4, 0.5) is 0 Å². The monoisotopic (exact) mass is 411 g/mol. The number of nitrogens with one attached hydrogen (secondary N) is 1. The van der Waals surface area contributed by atoms with Crippen LogP contribution in [-0.4, -0.2) is 33.3 Å². The first-order chi connectivity index (χ1) is 14.5. The Morgan fingerprint density at radius 3 is 2.50 bits per heavy atom. The summed E-state index contributed by atoms with van der Waals surface area (Å²) in [6.45, 7) is 5.42. The Hall–Kier alpha value is -3.15. The van der Waals surface area contributed by atoms with Crippen molar-refractivity contribution in [2.75, 3.05) is 27.4 Å². The van der Waals surface area contributed by atoms with Gasteiger partial charge in [0, 0.05) is 18.1 Å². The second-order valence-electron chi connectivity index (χ2n) is 7.43. The minimum atomic E-state index is -0.189. The summed E-state index contributed by atoms with van der Waals surface area (Å²) in [5.74, 6) is 2.84. The van der Waals surface area contributed by atoms with E-state index >= 15 is 0 Å². The van der Waals surface area contributed by atoms with E-state index in [-0.39, 0.29) is 17.9 Å². The molecule has 0 radical (unpaired) electrons. The number of amides is 1. The van der Waals surface area contributed by atoms with Gasteiger partial charge in [-0.3, -0.25) is 4.79 Å². The highest BCUT2D eigenvalue weighted by Gasteiger charge is 2.20. The van der Waals surface area contributed by atoms with Gasteiger partial charge in [-0.05, 0) is 47.9 Å². The lowest BCUT2D eigenvalue weighted by atomic mass is 9.95. The van der Waals surface area contributed by atoms with Gasteiger partial charge in [0.15, 0.2) is 11.5 Å². The molecule has 160 valence electrons. The summed E-state index contributed by atoms with van der Waals surface area (Å²) in [6, 6.07) is 11.1. The predicted molar refractivity (Wildman–Crippen MR) is 116 cm³/mol. The first-order valence-corrected chi connectivity index (χ1v) is 10.1. The van der Waals surface area contributed by atoms with E-state index < -0.39 is 0 Å². The third-order valence-corrected chi connectivity index (χ3v) is 4.95. The molecule has 1 heterocycles. The number of methoxy groups -OCH3 is 2. The van der Waals surface area contributed by atoms with E-state index in [1.165, 1.54) is 6.08 Å². The average Bonchev–Trinajstić information content (AvgIpc) is 3.00. The fourth-order valence-electron chi connectivity index (χ4n) is 3.34. The molecule has 0 aliphatic carbocycles. The Morgan fingerprint density at radius 2 is 1.80 bits per heavy atom. The van der Waals surface area contributed by atoms with Crippen molar-refractivity contribution in [3.63, 3.8) is 0 Å². The zero-order valence-electron chi connectivity index (χ0n) is 17.9. The second-order valence-corrected chi connectivity index (χ2v) is 7.43. The van der Waals surface area contributed by atoms with Crippen LogP contribution in [0.25, 0.3) is 6.08 Å². The van der Waals surface area contributed by atoms with Crippen molar-refractivity contribution in [1.82, 2.24) is 5.32 Å². The molecular formula is C24H29NO5. The molecule has 0 saturated heterocycles. The first kappa shape index (κ1) is 21.6. The molecule has 0 aromatic heterocycles. The topological polar surface area (TPSA) is 66.0 Å². The molecule has 1 aliphatic heterocycles. The van der Waals surface area contributed by atoms with E-state index in [0.717, 1.165) is 29.0 Å². The van der Waals surface area contributed by atoms with E-state index in [1.807, 2.05) is 36.4 Å². The Bertz CT molecular complexity index is 906. The van der Waals surface area contributed by atoms with Gasteiger partial charge in [-0.15, -0.1) is 0 Å². The number of ether oxygens (including phenoxy) is 4. The fraction of sp³-hybridized carbons (Fsp3) is 0.375. The molecule has 0 spiro atoms. The lowest BCUT2D eigenvalue weighted by Gasteiger charge is -2.23. The number of hydrogen-bond acceptors (Lipinski definition) is 5. The maximum atomic E-state index is 12.7. The number of benzene rings is 2. The summed E-state index contributed by atoms with van der Waals surface area (Å²) in [7, 11) is 3.20. The summed E-state index contributed by atoms with van der Waals surface area (Å²) >= 11 is 0. The molecule has 3 rings (SSSR count). The van der Waals surface area contributed by atoms with Crippen LogP contribution in [0.1, 0.15) is 37.4 Å². The molecular weight excluding hydrogens is 382 g/mol. The standard InChI is InChI=1S/C24H29NO5/c1-16(2)24(18-6-9-21-22(15-18)30-13-5-12-29-21)25-23(26)11-7-17-14-19(27-3)8-10-20(17)28-4/h6-11,14-16,24H,5,12-13H2,1-4H3,(H,25,26)/b11-7+. The highest BCUT2D eigenvalue weighted by atomic mass is 16.5. The van der Waals surface area contributed by atoms with Crippen LogP contribution in [0, 0.1) is 5.92 Å². The van der Waals surface area contributed by atoms with E-state index in [1.54, 1.807) is 20.3 Å². The minimum absolute atomic E-state index is 0.161. The molecule has 0 fully saturated rings. The normalized spacial score (nSPS) is 14.3. The van der Waals surface area contributed by atoms with Gasteiger partial charge in [-0.1, -0.05) is 19.9 Å². The Morgan fingerprint density at radius 1 is 1.03 bits per heavy atom. The van der Waals surface area contributed by atoms with Crippen molar-refractivity contribution in [3.05, 3.63) is 53.6 Å².